The van der Waals surface area contributed by atoms with Gasteiger partial charge in [-0.3, -0.25) is 0 Å². The molecule has 0 aromatic carbocycles. The van der Waals surface area contributed by atoms with Gasteiger partial charge in [0.15, 0.2) is 0 Å². The molecule has 2 N–H and O–H groups in total. The number of nitrogens with two attached hydrogens (primary N) is 1. The van der Waals surface area contributed by atoms with E-state index in [1.54, 1.807) is 0 Å². The third-order valence-electron chi connectivity index (χ3n) is 2.52. The highest BCUT2D eigenvalue weighted by Crippen LogP contribution is 2.11. The zero-order chi connectivity index (χ0) is 8.43. The lowest BCUT2D eigenvalue weighted by atomic mass is 10.2. The van der Waals surface area contributed by atoms with Crippen LogP contribution in [0.25, 0.3) is 0 Å². The summed E-state index contributed by atoms with van der Waals surface area (Å²) in [5.74, 6) is 0. The molecule has 2 unspecified atom stereocenters. The maximum absolute atomic E-state index is 5.96. The highest BCUT2D eigenvalue weighted by atomic mass is 15.3. The van der Waals surface area contributed by atoms with Crippen molar-refractivity contribution in [2.45, 2.75) is 19.0 Å². The van der Waals surface area contributed by atoms with Crippen LogP contribution in [0.1, 0.15) is 6.92 Å². The molecule has 0 aromatic heterocycles. The normalized spacial score (nSPS) is 33.5. The fourth-order valence-corrected chi connectivity index (χ4v) is 1.70. The summed E-state index contributed by atoms with van der Waals surface area (Å²) in [6.45, 7) is 5.49. The molecule has 3 heteroatoms. The second-order valence-electron chi connectivity index (χ2n) is 3.55. The first-order valence-corrected chi connectivity index (χ1v) is 4.29. The number of likely N-dealkylation sites (N-methyl/N-ethyl adjacent to an activating group) is 2. The number of hydrogen-bond acceptors (Lipinski definition) is 3. The van der Waals surface area contributed by atoms with Gasteiger partial charge in [0.2, 0.25) is 0 Å². The van der Waals surface area contributed by atoms with Crippen LogP contribution in [0.2, 0.25) is 0 Å². The van der Waals surface area contributed by atoms with Crippen molar-refractivity contribution in [3.05, 3.63) is 0 Å². The zero-order valence-electron chi connectivity index (χ0n) is 7.75. The van der Waals surface area contributed by atoms with Crippen molar-refractivity contribution in [3.63, 3.8) is 0 Å². The van der Waals surface area contributed by atoms with Crippen molar-refractivity contribution in [1.82, 2.24) is 9.80 Å². The molecule has 0 spiro atoms. The standard InChI is InChI=1S/C8H19N3/c1-4-11-5-7(9)8(6-11)10(2)3/h7-8H,4-6,9H2,1-3H3. The molecule has 1 saturated heterocycles. The summed E-state index contributed by atoms with van der Waals surface area (Å²) in [5, 5.41) is 0. The van der Waals surface area contributed by atoms with Crippen LogP contribution in [-0.4, -0.2) is 55.6 Å². The Bertz CT molecular complexity index is 125. The van der Waals surface area contributed by atoms with Gasteiger partial charge >= 0.3 is 0 Å². The Labute approximate surface area is 69.1 Å². The first-order valence-electron chi connectivity index (χ1n) is 4.29. The molecular weight excluding hydrogens is 138 g/mol. The monoisotopic (exact) mass is 157 g/mol. The van der Waals surface area contributed by atoms with E-state index in [2.05, 4.69) is 30.8 Å². The first-order chi connectivity index (χ1) is 5.15. The Morgan fingerprint density at radius 2 is 2.09 bits per heavy atom. The molecule has 1 rings (SSSR count). The number of hydrogen-bond donors (Lipinski definition) is 1. The summed E-state index contributed by atoms with van der Waals surface area (Å²) in [7, 11) is 4.20. The molecule has 0 radical (unpaired) electrons. The van der Waals surface area contributed by atoms with Crippen molar-refractivity contribution in [3.8, 4) is 0 Å². The van der Waals surface area contributed by atoms with Crippen LogP contribution in [-0.2, 0) is 0 Å². The van der Waals surface area contributed by atoms with E-state index in [-0.39, 0.29) is 0 Å². The van der Waals surface area contributed by atoms with Gasteiger partial charge in [0.1, 0.15) is 0 Å². The largest absolute Gasteiger partial charge is 0.325 e. The molecule has 0 aliphatic carbocycles. The summed E-state index contributed by atoms with van der Waals surface area (Å²) >= 11 is 0. The van der Waals surface area contributed by atoms with Crippen LogP contribution in [0.4, 0.5) is 0 Å². The minimum Gasteiger partial charge on any atom is -0.325 e. The Balaban J connectivity index is 2.45. The number of likely N-dealkylation sites (tertiary alicyclic amines) is 1. The lowest BCUT2D eigenvalue weighted by Crippen LogP contribution is -2.43. The molecule has 0 aromatic rings. The van der Waals surface area contributed by atoms with Crippen molar-refractivity contribution >= 4 is 0 Å². The highest BCUT2D eigenvalue weighted by Gasteiger charge is 2.30. The summed E-state index contributed by atoms with van der Waals surface area (Å²) in [5.41, 5.74) is 5.96. The van der Waals surface area contributed by atoms with Crippen molar-refractivity contribution < 1.29 is 0 Å². The summed E-state index contributed by atoms with van der Waals surface area (Å²) in [6.07, 6.45) is 0. The van der Waals surface area contributed by atoms with Crippen LogP contribution >= 0.6 is 0 Å². The zero-order valence-corrected chi connectivity index (χ0v) is 7.75. The third kappa shape index (κ3) is 1.92. The summed E-state index contributed by atoms with van der Waals surface area (Å²) < 4.78 is 0. The maximum atomic E-state index is 5.96. The van der Waals surface area contributed by atoms with E-state index in [4.69, 9.17) is 5.73 Å². The van der Waals surface area contributed by atoms with Gasteiger partial charge < -0.3 is 15.5 Å². The Kier molecular flexibility index (Phi) is 2.87. The van der Waals surface area contributed by atoms with Crippen LogP contribution < -0.4 is 5.73 Å². The SMILES string of the molecule is CCN1CC(N)C(N(C)C)C1. The van der Waals surface area contributed by atoms with Gasteiger partial charge in [0, 0.05) is 25.2 Å². The second kappa shape index (κ2) is 3.52. The van der Waals surface area contributed by atoms with Crippen molar-refractivity contribution in [2.75, 3.05) is 33.7 Å². The molecule has 66 valence electrons. The van der Waals surface area contributed by atoms with Gasteiger partial charge in [-0.2, -0.15) is 0 Å². The molecule has 0 saturated carbocycles. The van der Waals surface area contributed by atoms with E-state index in [9.17, 15) is 0 Å². The molecule has 0 bridgehead atoms. The van der Waals surface area contributed by atoms with E-state index < -0.39 is 0 Å². The van der Waals surface area contributed by atoms with Gasteiger partial charge in [-0.25, -0.2) is 0 Å². The van der Waals surface area contributed by atoms with Gasteiger partial charge in [0.05, 0.1) is 0 Å². The average molecular weight is 157 g/mol. The van der Waals surface area contributed by atoms with E-state index in [1.165, 1.54) is 0 Å². The predicted molar refractivity (Wildman–Crippen MR) is 47.6 cm³/mol. The molecular formula is C8H19N3. The van der Waals surface area contributed by atoms with Crippen LogP contribution in [0.15, 0.2) is 0 Å². The topological polar surface area (TPSA) is 32.5 Å². The van der Waals surface area contributed by atoms with E-state index in [0.717, 1.165) is 19.6 Å². The second-order valence-corrected chi connectivity index (χ2v) is 3.55. The lowest BCUT2D eigenvalue weighted by molar-refractivity contribution is 0.268. The summed E-state index contributed by atoms with van der Waals surface area (Å²) in [4.78, 5) is 4.62. The van der Waals surface area contributed by atoms with Gasteiger partial charge in [-0.05, 0) is 20.6 Å². The molecule has 1 fully saturated rings. The van der Waals surface area contributed by atoms with Gasteiger partial charge in [-0.1, -0.05) is 6.92 Å². The molecule has 1 heterocycles. The Morgan fingerprint density at radius 1 is 1.45 bits per heavy atom. The average Bonchev–Trinajstić information content (AvgIpc) is 2.30. The Hall–Kier alpha value is -0.120. The molecule has 3 nitrogen and oxygen atoms in total. The number of nitrogens with zero attached hydrogens (tertiary/aromatic N) is 2. The minimum atomic E-state index is 0.338. The van der Waals surface area contributed by atoms with Gasteiger partial charge in [-0.15, -0.1) is 0 Å². The predicted octanol–water partition coefficient (Wildman–Crippen LogP) is -0.421. The van der Waals surface area contributed by atoms with E-state index in [1.807, 2.05) is 0 Å². The lowest BCUT2D eigenvalue weighted by Gasteiger charge is -2.22. The first kappa shape index (κ1) is 8.97. The minimum absolute atomic E-state index is 0.338. The highest BCUT2D eigenvalue weighted by molar-refractivity contribution is 4.91. The van der Waals surface area contributed by atoms with E-state index in [0.29, 0.717) is 12.1 Å². The van der Waals surface area contributed by atoms with Crippen molar-refractivity contribution in [2.24, 2.45) is 5.73 Å². The summed E-state index contributed by atoms with van der Waals surface area (Å²) in [6, 6.07) is 0.889. The third-order valence-corrected chi connectivity index (χ3v) is 2.52. The fraction of sp³-hybridized carbons (Fsp3) is 1.00. The molecule has 2 atom stereocenters. The van der Waals surface area contributed by atoms with E-state index >= 15 is 0 Å². The maximum Gasteiger partial charge on any atom is 0.0380 e. The quantitative estimate of drug-likeness (QED) is 0.591. The smallest absolute Gasteiger partial charge is 0.0380 e. The van der Waals surface area contributed by atoms with Crippen LogP contribution in [0.3, 0.4) is 0 Å². The molecule has 1 aliphatic heterocycles. The Morgan fingerprint density at radius 3 is 2.36 bits per heavy atom. The molecule has 11 heavy (non-hydrogen) atoms. The van der Waals surface area contributed by atoms with Crippen LogP contribution in [0, 0.1) is 0 Å². The van der Waals surface area contributed by atoms with Crippen LogP contribution in [0.5, 0.6) is 0 Å². The molecule has 0 amide bonds. The van der Waals surface area contributed by atoms with Crippen molar-refractivity contribution in [1.29, 1.82) is 0 Å². The van der Waals surface area contributed by atoms with Gasteiger partial charge in [0.25, 0.3) is 0 Å². The number of rotatable bonds is 2. The molecule has 1 aliphatic rings. The fourth-order valence-electron chi connectivity index (χ4n) is 1.70.